The first-order chi connectivity index (χ1) is 22.6. The standard InChI is InChI=1S/C37H34F2N4O3S/c1-24-19-31(16-18-35(24)43-23-37(44)41-47(43,45)46)42-22-34(32-17-15-30(38)21-33(32)39)40-36(42)20-25-7-9-27(10-8-25)29-13-11-28(12-14-29)26-5-3-2-4-6-26/h7-19,21-22,26H,2-6,20,23H2,1H3,(H,41,44). The molecule has 4 aromatic carbocycles. The number of imidazole rings is 1. The number of carbonyl (C=O) groups is 1. The second-order valence-corrected chi connectivity index (χ2v) is 14.0. The molecule has 10 heteroatoms. The van der Waals surface area contributed by atoms with Crippen LogP contribution in [0.1, 0.15) is 60.5 Å². The smallest absolute Gasteiger partial charge is 0.303 e. The third kappa shape index (κ3) is 6.30. The van der Waals surface area contributed by atoms with Crippen molar-refractivity contribution in [1.82, 2.24) is 14.3 Å². The third-order valence-electron chi connectivity index (χ3n) is 9.17. The van der Waals surface area contributed by atoms with E-state index in [-0.39, 0.29) is 12.1 Å². The van der Waals surface area contributed by atoms with Crippen LogP contribution in [0.2, 0.25) is 0 Å². The maximum absolute atomic E-state index is 14.9. The Morgan fingerprint density at radius 3 is 2.21 bits per heavy atom. The summed E-state index contributed by atoms with van der Waals surface area (Å²) in [5, 5.41) is 0. The fraction of sp³-hybridized carbons (Fsp3) is 0.243. The molecule has 1 aliphatic heterocycles. The minimum atomic E-state index is -3.97. The predicted octanol–water partition coefficient (Wildman–Crippen LogP) is 7.61. The lowest BCUT2D eigenvalue weighted by Crippen LogP contribution is -2.30. The van der Waals surface area contributed by atoms with Crippen LogP contribution in [0.5, 0.6) is 0 Å². The maximum atomic E-state index is 14.9. The fourth-order valence-corrected chi connectivity index (χ4v) is 7.92. The highest BCUT2D eigenvalue weighted by atomic mass is 32.2. The topological polar surface area (TPSA) is 84.3 Å². The van der Waals surface area contributed by atoms with E-state index in [4.69, 9.17) is 4.98 Å². The number of hydrogen-bond donors (Lipinski definition) is 1. The van der Waals surface area contributed by atoms with Crippen molar-refractivity contribution in [2.45, 2.75) is 51.4 Å². The summed E-state index contributed by atoms with van der Waals surface area (Å²) in [6.07, 6.45) is 8.59. The molecule has 0 unspecified atom stereocenters. The number of aryl methyl sites for hydroxylation is 1. The van der Waals surface area contributed by atoms with Gasteiger partial charge in [0.15, 0.2) is 0 Å². The lowest BCUT2D eigenvalue weighted by Gasteiger charge is -2.22. The molecular formula is C37H34F2N4O3S. The quantitative estimate of drug-likeness (QED) is 0.196. The first kappa shape index (κ1) is 30.8. The summed E-state index contributed by atoms with van der Waals surface area (Å²) >= 11 is 0. The minimum absolute atomic E-state index is 0.166. The summed E-state index contributed by atoms with van der Waals surface area (Å²) in [5.74, 6) is -0.717. The monoisotopic (exact) mass is 652 g/mol. The van der Waals surface area contributed by atoms with Gasteiger partial charge in [-0.25, -0.2) is 22.8 Å². The number of hydrogen-bond acceptors (Lipinski definition) is 4. The molecule has 1 saturated carbocycles. The minimum Gasteiger partial charge on any atom is -0.303 e. The zero-order valence-corrected chi connectivity index (χ0v) is 26.7. The van der Waals surface area contributed by atoms with E-state index in [1.165, 1.54) is 49.8 Å². The molecule has 7 rings (SSSR count). The number of carbonyl (C=O) groups excluding carboxylic acids is 1. The highest BCUT2D eigenvalue weighted by molar-refractivity contribution is 7.92. The number of nitrogens with zero attached hydrogens (tertiary/aromatic N) is 3. The van der Waals surface area contributed by atoms with Crippen molar-refractivity contribution < 1.29 is 22.0 Å². The van der Waals surface area contributed by atoms with E-state index >= 15 is 0 Å². The lowest BCUT2D eigenvalue weighted by molar-refractivity contribution is -0.117. The van der Waals surface area contributed by atoms with Crippen LogP contribution in [-0.2, 0) is 21.4 Å². The second kappa shape index (κ2) is 12.4. The molecule has 0 radical (unpaired) electrons. The fourth-order valence-electron chi connectivity index (χ4n) is 6.71. The number of benzene rings is 4. The molecule has 1 N–H and O–H groups in total. The van der Waals surface area contributed by atoms with Gasteiger partial charge in [-0.05, 0) is 83.8 Å². The van der Waals surface area contributed by atoms with Gasteiger partial charge in [0.1, 0.15) is 24.0 Å². The van der Waals surface area contributed by atoms with E-state index in [1.54, 1.807) is 31.3 Å². The van der Waals surface area contributed by atoms with Gasteiger partial charge in [-0.3, -0.25) is 4.79 Å². The molecular weight excluding hydrogens is 618 g/mol. The van der Waals surface area contributed by atoms with Gasteiger partial charge in [0.05, 0.1) is 11.4 Å². The molecule has 2 heterocycles. The van der Waals surface area contributed by atoms with Crippen LogP contribution in [0.15, 0.2) is 91.1 Å². The Morgan fingerprint density at radius 2 is 1.57 bits per heavy atom. The van der Waals surface area contributed by atoms with Gasteiger partial charge >= 0.3 is 10.2 Å². The van der Waals surface area contributed by atoms with Gasteiger partial charge in [-0.15, -0.1) is 0 Å². The summed E-state index contributed by atoms with van der Waals surface area (Å²) < 4.78 is 58.4. The summed E-state index contributed by atoms with van der Waals surface area (Å²) in [4.78, 5) is 16.6. The van der Waals surface area contributed by atoms with E-state index in [0.29, 0.717) is 40.8 Å². The summed E-state index contributed by atoms with van der Waals surface area (Å²) in [6.45, 7) is 1.46. The summed E-state index contributed by atoms with van der Waals surface area (Å²) in [6, 6.07) is 25.7. The molecule has 1 aromatic heterocycles. The first-order valence-electron chi connectivity index (χ1n) is 15.8. The van der Waals surface area contributed by atoms with Crippen LogP contribution in [0.4, 0.5) is 14.5 Å². The van der Waals surface area contributed by atoms with Crippen LogP contribution in [0.3, 0.4) is 0 Å². The van der Waals surface area contributed by atoms with Crippen molar-refractivity contribution in [2.24, 2.45) is 0 Å². The number of rotatable bonds is 7. The van der Waals surface area contributed by atoms with Crippen LogP contribution in [0, 0.1) is 18.6 Å². The Kier molecular flexibility index (Phi) is 8.13. The lowest BCUT2D eigenvalue weighted by atomic mass is 9.83. The summed E-state index contributed by atoms with van der Waals surface area (Å²) in [7, 11) is -3.97. The van der Waals surface area contributed by atoms with E-state index < -0.39 is 27.8 Å². The molecule has 1 saturated heterocycles. The number of amides is 1. The Morgan fingerprint density at radius 1 is 0.872 bits per heavy atom. The maximum Gasteiger partial charge on any atom is 0.326 e. The average molecular weight is 653 g/mol. The Balaban J connectivity index is 1.19. The number of nitrogens with one attached hydrogen (secondary N) is 1. The molecule has 7 nitrogen and oxygen atoms in total. The molecule has 47 heavy (non-hydrogen) atoms. The Labute approximate surface area is 273 Å². The Hall–Kier alpha value is -4.83. The molecule has 240 valence electrons. The van der Waals surface area contributed by atoms with Crippen LogP contribution >= 0.6 is 0 Å². The SMILES string of the molecule is Cc1cc(-n2cc(-c3ccc(F)cc3F)nc2Cc2ccc(-c3ccc(C4CCCCC4)cc3)cc2)ccc1N1CC(=O)NS1(=O)=O. The average Bonchev–Trinajstić information content (AvgIpc) is 3.60. The third-order valence-corrected chi connectivity index (χ3v) is 10.6. The molecule has 5 aromatic rings. The molecule has 1 amide bonds. The zero-order chi connectivity index (χ0) is 32.7. The van der Waals surface area contributed by atoms with Crippen LogP contribution in [-0.4, -0.2) is 30.4 Å². The first-order valence-corrected chi connectivity index (χ1v) is 17.3. The largest absolute Gasteiger partial charge is 0.326 e. The highest BCUT2D eigenvalue weighted by Gasteiger charge is 2.34. The second-order valence-electron chi connectivity index (χ2n) is 12.4. The van der Waals surface area contributed by atoms with Crippen LogP contribution in [0.25, 0.3) is 28.1 Å². The molecule has 2 aliphatic rings. The number of anilines is 1. The number of aromatic nitrogens is 2. The Bertz CT molecular complexity index is 2070. The van der Waals surface area contributed by atoms with Crippen LogP contribution < -0.4 is 9.03 Å². The molecule has 0 spiro atoms. The van der Waals surface area contributed by atoms with E-state index in [9.17, 15) is 22.0 Å². The van der Waals surface area contributed by atoms with Crippen molar-refractivity contribution in [3.63, 3.8) is 0 Å². The van der Waals surface area contributed by atoms with Gasteiger partial charge in [0.2, 0.25) is 0 Å². The molecule has 2 fully saturated rings. The van der Waals surface area contributed by atoms with Crippen molar-refractivity contribution in [2.75, 3.05) is 10.8 Å². The zero-order valence-electron chi connectivity index (χ0n) is 25.9. The van der Waals surface area contributed by atoms with Gasteiger partial charge in [-0.2, -0.15) is 8.42 Å². The normalized spacial score (nSPS) is 16.4. The van der Waals surface area contributed by atoms with E-state index in [2.05, 4.69) is 48.5 Å². The van der Waals surface area contributed by atoms with Crippen molar-refractivity contribution in [3.05, 3.63) is 125 Å². The summed E-state index contributed by atoms with van der Waals surface area (Å²) in [5.41, 5.74) is 6.85. The predicted molar refractivity (Wildman–Crippen MR) is 179 cm³/mol. The van der Waals surface area contributed by atoms with Gasteiger partial charge in [0, 0.05) is 29.9 Å². The molecule has 0 bridgehead atoms. The van der Waals surface area contributed by atoms with Crippen molar-refractivity contribution in [1.29, 1.82) is 0 Å². The van der Waals surface area contributed by atoms with Gasteiger partial charge in [0.25, 0.3) is 5.91 Å². The number of halogens is 2. The molecule has 0 atom stereocenters. The highest BCUT2D eigenvalue weighted by Crippen LogP contribution is 2.34. The van der Waals surface area contributed by atoms with Gasteiger partial charge < -0.3 is 4.57 Å². The van der Waals surface area contributed by atoms with Crippen molar-refractivity contribution in [3.8, 4) is 28.1 Å². The van der Waals surface area contributed by atoms with E-state index in [0.717, 1.165) is 27.1 Å². The molecule has 1 aliphatic carbocycles. The van der Waals surface area contributed by atoms with Gasteiger partial charge in [-0.1, -0.05) is 67.8 Å². The van der Waals surface area contributed by atoms with E-state index in [1.807, 2.05) is 9.29 Å². The van der Waals surface area contributed by atoms with Crippen molar-refractivity contribution >= 4 is 21.8 Å².